The van der Waals surface area contributed by atoms with Crippen molar-refractivity contribution in [1.29, 1.82) is 0 Å². The zero-order valence-electron chi connectivity index (χ0n) is 16.8. The summed E-state index contributed by atoms with van der Waals surface area (Å²) in [6.07, 6.45) is -2.22. The summed E-state index contributed by atoms with van der Waals surface area (Å²) in [5.74, 6) is -1.69. The molecule has 28 heavy (non-hydrogen) atoms. The molecule has 1 aliphatic heterocycles. The fraction of sp³-hybridized carbons (Fsp3) is 0.778. The van der Waals surface area contributed by atoms with Crippen molar-refractivity contribution in [3.63, 3.8) is 0 Å². The molecule has 1 saturated heterocycles. The van der Waals surface area contributed by atoms with Crippen LogP contribution in [0.15, 0.2) is 0 Å². The molecule has 9 nitrogen and oxygen atoms in total. The molecule has 0 aliphatic carbocycles. The molecule has 0 saturated carbocycles. The monoisotopic (exact) mass is 420 g/mol. The number of hydrogen-bond donors (Lipinski definition) is 0. The van der Waals surface area contributed by atoms with Crippen LogP contribution in [0.5, 0.6) is 0 Å². The van der Waals surface area contributed by atoms with E-state index in [-0.39, 0.29) is 6.61 Å². The summed E-state index contributed by atoms with van der Waals surface area (Å²) in [7, 11) is 0. The van der Waals surface area contributed by atoms with Crippen LogP contribution >= 0.6 is 11.8 Å². The van der Waals surface area contributed by atoms with Crippen molar-refractivity contribution in [3.8, 4) is 0 Å². The molecular formula is C18H28O9S. The lowest BCUT2D eigenvalue weighted by atomic mass is 9.99. The molecule has 0 radical (unpaired) electrons. The first-order valence-corrected chi connectivity index (χ1v) is 10.1. The maximum atomic E-state index is 11.7. The second-order valence-electron chi connectivity index (χ2n) is 6.29. The molecule has 0 amide bonds. The van der Waals surface area contributed by atoms with Gasteiger partial charge in [-0.05, 0) is 12.2 Å². The van der Waals surface area contributed by atoms with Crippen LogP contribution in [0.25, 0.3) is 0 Å². The average molecular weight is 420 g/mol. The molecule has 5 atom stereocenters. The number of thioether (sulfide) groups is 1. The molecule has 0 unspecified atom stereocenters. The maximum Gasteiger partial charge on any atom is 0.303 e. The summed E-state index contributed by atoms with van der Waals surface area (Å²) >= 11 is 1.39. The number of unbranched alkanes of at least 4 members (excludes halogenated alkanes) is 1. The number of ether oxygens (including phenoxy) is 5. The molecule has 160 valence electrons. The van der Waals surface area contributed by atoms with Gasteiger partial charge in [-0.1, -0.05) is 13.3 Å². The Labute approximate surface area is 168 Å². The molecule has 1 rings (SSSR count). The first-order chi connectivity index (χ1) is 13.1. The SMILES string of the molecule is CCCCS[C@@H]1O[C@H](COC(C)=O)[C@H](OC(C)=O)[C@H](OC(C)=O)[C@H]1OC(C)=O. The lowest BCUT2D eigenvalue weighted by molar-refractivity contribution is -0.237. The third-order valence-corrected chi connectivity index (χ3v) is 4.96. The summed E-state index contributed by atoms with van der Waals surface area (Å²) in [6.45, 7) is 6.69. The number of rotatable bonds is 9. The molecule has 0 aromatic heterocycles. The van der Waals surface area contributed by atoms with Crippen molar-refractivity contribution in [3.05, 3.63) is 0 Å². The summed E-state index contributed by atoms with van der Waals surface area (Å²) < 4.78 is 27.0. The predicted octanol–water partition coefficient (Wildman–Crippen LogP) is 1.60. The van der Waals surface area contributed by atoms with Gasteiger partial charge in [-0.3, -0.25) is 19.2 Å². The number of esters is 4. The minimum atomic E-state index is -1.10. The van der Waals surface area contributed by atoms with E-state index in [2.05, 4.69) is 0 Å². The Morgan fingerprint density at radius 1 is 0.821 bits per heavy atom. The standard InChI is InChI=1S/C18H28O9S/c1-6-7-8-28-18-17(26-13(5)22)16(25-12(4)21)15(24-11(3)20)14(27-18)9-23-10(2)19/h14-18H,6-9H2,1-5H3/t14-,15+,16+,17-,18+/m1/s1. The van der Waals surface area contributed by atoms with Crippen LogP contribution in [0.4, 0.5) is 0 Å². The minimum Gasteiger partial charge on any atom is -0.463 e. The van der Waals surface area contributed by atoms with Gasteiger partial charge in [-0.15, -0.1) is 11.8 Å². The largest absolute Gasteiger partial charge is 0.463 e. The van der Waals surface area contributed by atoms with Gasteiger partial charge in [0.1, 0.15) is 18.1 Å². The van der Waals surface area contributed by atoms with Gasteiger partial charge < -0.3 is 23.7 Å². The second-order valence-corrected chi connectivity index (χ2v) is 7.50. The van der Waals surface area contributed by atoms with E-state index in [4.69, 9.17) is 23.7 Å². The minimum absolute atomic E-state index is 0.206. The third-order valence-electron chi connectivity index (χ3n) is 3.73. The van der Waals surface area contributed by atoms with Crippen molar-refractivity contribution in [2.24, 2.45) is 0 Å². The third kappa shape index (κ3) is 8.05. The second kappa shape index (κ2) is 11.9. The Bertz CT molecular complexity index is 565. The highest BCUT2D eigenvalue weighted by Crippen LogP contribution is 2.34. The van der Waals surface area contributed by atoms with E-state index in [0.29, 0.717) is 5.75 Å². The molecule has 10 heteroatoms. The van der Waals surface area contributed by atoms with Crippen LogP contribution in [0, 0.1) is 0 Å². The Balaban J connectivity index is 3.21. The van der Waals surface area contributed by atoms with E-state index in [9.17, 15) is 19.2 Å². The van der Waals surface area contributed by atoms with Crippen LogP contribution < -0.4 is 0 Å². The molecule has 1 aliphatic rings. The first-order valence-electron chi connectivity index (χ1n) is 9.07. The van der Waals surface area contributed by atoms with E-state index in [1.807, 2.05) is 6.92 Å². The molecule has 0 aromatic carbocycles. The summed E-state index contributed by atoms with van der Waals surface area (Å²) in [5, 5.41) is 0. The van der Waals surface area contributed by atoms with Gasteiger partial charge in [-0.2, -0.15) is 0 Å². The van der Waals surface area contributed by atoms with Crippen LogP contribution in [0.1, 0.15) is 47.5 Å². The van der Waals surface area contributed by atoms with E-state index >= 15 is 0 Å². The van der Waals surface area contributed by atoms with Gasteiger partial charge in [0.15, 0.2) is 18.3 Å². The zero-order chi connectivity index (χ0) is 21.3. The van der Waals surface area contributed by atoms with Crippen LogP contribution in [-0.2, 0) is 42.9 Å². The molecular weight excluding hydrogens is 392 g/mol. The molecule has 0 N–H and O–H groups in total. The lowest BCUT2D eigenvalue weighted by Crippen LogP contribution is -2.61. The Morgan fingerprint density at radius 3 is 1.86 bits per heavy atom. The fourth-order valence-electron chi connectivity index (χ4n) is 2.67. The Kier molecular flexibility index (Phi) is 10.3. The fourth-order valence-corrected chi connectivity index (χ4v) is 3.98. The van der Waals surface area contributed by atoms with Gasteiger partial charge in [-0.25, -0.2) is 0 Å². The van der Waals surface area contributed by atoms with Crippen molar-refractivity contribution in [2.45, 2.75) is 77.3 Å². The van der Waals surface area contributed by atoms with Crippen molar-refractivity contribution < 1.29 is 42.9 Å². The topological polar surface area (TPSA) is 114 Å². The van der Waals surface area contributed by atoms with Crippen molar-refractivity contribution in [2.75, 3.05) is 12.4 Å². The number of carbonyl (C=O) groups excluding carboxylic acids is 4. The summed E-state index contributed by atoms with van der Waals surface area (Å²) in [6, 6.07) is 0. The quantitative estimate of drug-likeness (QED) is 0.309. The highest BCUT2D eigenvalue weighted by molar-refractivity contribution is 7.99. The van der Waals surface area contributed by atoms with E-state index in [1.165, 1.54) is 39.5 Å². The van der Waals surface area contributed by atoms with Crippen molar-refractivity contribution in [1.82, 2.24) is 0 Å². The first kappa shape index (κ1) is 24.2. The summed E-state index contributed by atoms with van der Waals surface area (Å²) in [4.78, 5) is 46.2. The zero-order valence-corrected chi connectivity index (χ0v) is 17.6. The van der Waals surface area contributed by atoms with E-state index < -0.39 is 53.7 Å². The average Bonchev–Trinajstić information content (AvgIpc) is 2.57. The molecule has 0 spiro atoms. The lowest BCUT2D eigenvalue weighted by Gasteiger charge is -2.44. The van der Waals surface area contributed by atoms with Gasteiger partial charge >= 0.3 is 23.9 Å². The number of carbonyl (C=O) groups is 4. The molecule has 0 aromatic rings. The normalized spacial score (nSPS) is 26.8. The van der Waals surface area contributed by atoms with Gasteiger partial charge in [0.25, 0.3) is 0 Å². The van der Waals surface area contributed by atoms with Crippen LogP contribution in [0.3, 0.4) is 0 Å². The molecule has 1 heterocycles. The maximum absolute atomic E-state index is 11.7. The Hall–Kier alpha value is -1.81. The highest BCUT2D eigenvalue weighted by atomic mass is 32.2. The van der Waals surface area contributed by atoms with E-state index in [1.54, 1.807) is 0 Å². The van der Waals surface area contributed by atoms with Gasteiger partial charge in [0, 0.05) is 27.7 Å². The molecule has 1 fully saturated rings. The molecule has 0 bridgehead atoms. The number of hydrogen-bond acceptors (Lipinski definition) is 10. The summed E-state index contributed by atoms with van der Waals surface area (Å²) in [5.41, 5.74) is -0.688. The highest BCUT2D eigenvalue weighted by Gasteiger charge is 2.52. The van der Waals surface area contributed by atoms with Crippen molar-refractivity contribution >= 4 is 35.6 Å². The van der Waals surface area contributed by atoms with Crippen LogP contribution in [-0.4, -0.2) is 66.1 Å². The smallest absolute Gasteiger partial charge is 0.303 e. The Morgan fingerprint density at radius 2 is 1.36 bits per heavy atom. The predicted molar refractivity (Wildman–Crippen MR) is 99.3 cm³/mol. The van der Waals surface area contributed by atoms with E-state index in [0.717, 1.165) is 12.8 Å². The van der Waals surface area contributed by atoms with Gasteiger partial charge in [0.2, 0.25) is 0 Å². The van der Waals surface area contributed by atoms with Gasteiger partial charge in [0.05, 0.1) is 0 Å². The van der Waals surface area contributed by atoms with Crippen LogP contribution in [0.2, 0.25) is 0 Å².